The molecule has 1 aromatic heterocycles. The molecule has 104 valence electrons. The third-order valence-electron chi connectivity index (χ3n) is 4.26. The predicted molar refractivity (Wildman–Crippen MR) is 75.2 cm³/mol. The second-order valence-electron chi connectivity index (χ2n) is 6.10. The van der Waals surface area contributed by atoms with Gasteiger partial charge in [0.25, 0.3) is 0 Å². The molecule has 1 atom stereocenters. The predicted octanol–water partition coefficient (Wildman–Crippen LogP) is 4.26. The summed E-state index contributed by atoms with van der Waals surface area (Å²) in [5.41, 5.74) is 3.90. The van der Waals surface area contributed by atoms with Crippen LogP contribution in [0.15, 0.2) is 10.6 Å². The molecule has 19 heavy (non-hydrogen) atoms. The molecule has 0 bridgehead atoms. The molecule has 3 nitrogen and oxygen atoms in total. The summed E-state index contributed by atoms with van der Waals surface area (Å²) in [5, 5.41) is 4.34. The Bertz CT molecular complexity index is 463. The first-order valence-corrected chi connectivity index (χ1v) is 7.42. The van der Waals surface area contributed by atoms with Crippen LogP contribution >= 0.6 is 0 Å². The zero-order valence-corrected chi connectivity index (χ0v) is 12.1. The summed E-state index contributed by atoms with van der Waals surface area (Å²) in [5.74, 6) is 2.19. The summed E-state index contributed by atoms with van der Waals surface area (Å²) in [4.78, 5) is 0. The molecule has 0 aliphatic heterocycles. The zero-order valence-electron chi connectivity index (χ0n) is 12.1. The monoisotopic (exact) mass is 261 g/mol. The van der Waals surface area contributed by atoms with Crippen molar-refractivity contribution in [3.63, 3.8) is 0 Å². The molecule has 3 heteroatoms. The molecule has 1 saturated carbocycles. The van der Waals surface area contributed by atoms with Gasteiger partial charge in [0.1, 0.15) is 5.76 Å². The number of nitrogens with zero attached hydrogens (tertiary/aromatic N) is 1. The van der Waals surface area contributed by atoms with Gasteiger partial charge in [-0.2, -0.15) is 0 Å². The van der Waals surface area contributed by atoms with Crippen LogP contribution in [0.5, 0.6) is 0 Å². The van der Waals surface area contributed by atoms with Gasteiger partial charge in [0.05, 0.1) is 11.8 Å². The summed E-state index contributed by atoms with van der Waals surface area (Å²) < 4.78 is 11.1. The quantitative estimate of drug-likeness (QED) is 0.812. The van der Waals surface area contributed by atoms with Crippen molar-refractivity contribution >= 4 is 5.57 Å². The van der Waals surface area contributed by atoms with Crippen LogP contribution < -0.4 is 0 Å². The Morgan fingerprint density at radius 1 is 1.32 bits per heavy atom. The number of allylic oxidation sites excluding steroid dienone is 1. The summed E-state index contributed by atoms with van der Waals surface area (Å²) in [6.07, 6.45) is 8.44. The van der Waals surface area contributed by atoms with Crippen LogP contribution in [0, 0.1) is 0 Å². The van der Waals surface area contributed by atoms with E-state index in [2.05, 4.69) is 25.1 Å². The average molecular weight is 261 g/mol. The number of methoxy groups -OCH3 is 1. The molecule has 0 N–H and O–H groups in total. The summed E-state index contributed by atoms with van der Waals surface area (Å²) in [6.45, 7) is 4.39. The summed E-state index contributed by atoms with van der Waals surface area (Å²) in [6, 6.07) is 0. The lowest BCUT2D eigenvalue weighted by molar-refractivity contribution is 0.0964. The highest BCUT2D eigenvalue weighted by Gasteiger charge is 2.34. The Morgan fingerprint density at radius 2 is 2.11 bits per heavy atom. The molecule has 0 spiro atoms. The number of hydrogen-bond acceptors (Lipinski definition) is 3. The standard InChI is InChI=1S/C16H23NO2/c1-10(2)15-14(16(19-17-15)12-4-5-12)11-6-8-13(18-3)9-7-11/h6,10,12-13H,4-5,7-9H2,1-3H3. The fraction of sp³-hybridized carbons (Fsp3) is 0.688. The van der Waals surface area contributed by atoms with E-state index >= 15 is 0 Å². The first kappa shape index (κ1) is 12.9. The fourth-order valence-corrected chi connectivity index (χ4v) is 2.91. The van der Waals surface area contributed by atoms with E-state index in [1.54, 1.807) is 7.11 Å². The van der Waals surface area contributed by atoms with Crippen LogP contribution in [0.3, 0.4) is 0 Å². The molecule has 0 radical (unpaired) electrons. The first-order valence-electron chi connectivity index (χ1n) is 7.42. The van der Waals surface area contributed by atoms with Gasteiger partial charge in [0.2, 0.25) is 0 Å². The van der Waals surface area contributed by atoms with Crippen LogP contribution in [0.4, 0.5) is 0 Å². The molecule has 2 aliphatic rings. The van der Waals surface area contributed by atoms with Gasteiger partial charge in [0.15, 0.2) is 0 Å². The van der Waals surface area contributed by atoms with Gasteiger partial charge >= 0.3 is 0 Å². The Morgan fingerprint density at radius 3 is 2.63 bits per heavy atom. The molecule has 1 fully saturated rings. The number of rotatable bonds is 4. The number of aromatic nitrogens is 1. The van der Waals surface area contributed by atoms with E-state index in [0.29, 0.717) is 17.9 Å². The molecule has 1 aromatic rings. The highest BCUT2D eigenvalue weighted by molar-refractivity contribution is 5.70. The maximum absolute atomic E-state index is 5.67. The van der Waals surface area contributed by atoms with Crippen molar-refractivity contribution in [2.24, 2.45) is 0 Å². The average Bonchev–Trinajstić information content (AvgIpc) is 3.17. The van der Waals surface area contributed by atoms with E-state index in [1.807, 2.05) is 0 Å². The largest absolute Gasteiger partial charge is 0.381 e. The van der Waals surface area contributed by atoms with Crippen molar-refractivity contribution in [3.8, 4) is 0 Å². The lowest BCUT2D eigenvalue weighted by Gasteiger charge is -2.21. The van der Waals surface area contributed by atoms with E-state index in [9.17, 15) is 0 Å². The second-order valence-corrected chi connectivity index (χ2v) is 6.10. The van der Waals surface area contributed by atoms with Crippen molar-refractivity contribution in [1.82, 2.24) is 5.16 Å². The SMILES string of the molecule is COC1CC=C(c2c(C(C)C)noc2C2CC2)CC1. The van der Waals surface area contributed by atoms with Crippen LogP contribution in [-0.4, -0.2) is 18.4 Å². The lowest BCUT2D eigenvalue weighted by atomic mass is 9.88. The minimum Gasteiger partial charge on any atom is -0.381 e. The van der Waals surface area contributed by atoms with Gasteiger partial charge in [-0.1, -0.05) is 25.1 Å². The third-order valence-corrected chi connectivity index (χ3v) is 4.26. The van der Waals surface area contributed by atoms with Crippen molar-refractivity contribution in [3.05, 3.63) is 23.1 Å². The molecule has 0 aromatic carbocycles. The minimum absolute atomic E-state index is 0.385. The van der Waals surface area contributed by atoms with Crippen LogP contribution in [0.25, 0.3) is 5.57 Å². The Hall–Kier alpha value is -1.09. The van der Waals surface area contributed by atoms with Gasteiger partial charge in [-0.05, 0) is 43.6 Å². The van der Waals surface area contributed by atoms with Gasteiger partial charge in [-0.3, -0.25) is 0 Å². The fourth-order valence-electron chi connectivity index (χ4n) is 2.91. The van der Waals surface area contributed by atoms with Crippen molar-refractivity contribution in [1.29, 1.82) is 0 Å². The second kappa shape index (κ2) is 5.12. The van der Waals surface area contributed by atoms with E-state index in [0.717, 1.165) is 30.7 Å². The van der Waals surface area contributed by atoms with E-state index < -0.39 is 0 Å². The van der Waals surface area contributed by atoms with Crippen molar-refractivity contribution in [2.75, 3.05) is 7.11 Å². The Balaban J connectivity index is 1.94. The third kappa shape index (κ3) is 2.48. The van der Waals surface area contributed by atoms with E-state index in [4.69, 9.17) is 9.26 Å². The minimum atomic E-state index is 0.385. The molecule has 1 heterocycles. The molecule has 2 aliphatic carbocycles. The van der Waals surface area contributed by atoms with Gasteiger partial charge in [0, 0.05) is 18.6 Å². The van der Waals surface area contributed by atoms with E-state index in [1.165, 1.54) is 24.0 Å². The lowest BCUT2D eigenvalue weighted by Crippen LogP contribution is -2.14. The molecular formula is C16H23NO2. The van der Waals surface area contributed by atoms with Crippen LogP contribution in [-0.2, 0) is 4.74 Å². The van der Waals surface area contributed by atoms with Crippen LogP contribution in [0.2, 0.25) is 0 Å². The van der Waals surface area contributed by atoms with E-state index in [-0.39, 0.29) is 0 Å². The smallest absolute Gasteiger partial charge is 0.147 e. The highest BCUT2D eigenvalue weighted by atomic mass is 16.5. The number of ether oxygens (including phenoxy) is 1. The maximum Gasteiger partial charge on any atom is 0.147 e. The molecule has 0 amide bonds. The molecule has 3 rings (SSSR count). The van der Waals surface area contributed by atoms with Gasteiger partial charge < -0.3 is 9.26 Å². The van der Waals surface area contributed by atoms with Crippen molar-refractivity contribution < 1.29 is 9.26 Å². The zero-order chi connectivity index (χ0) is 13.4. The topological polar surface area (TPSA) is 35.3 Å². The van der Waals surface area contributed by atoms with Crippen molar-refractivity contribution in [2.45, 2.75) is 63.9 Å². The first-order chi connectivity index (χ1) is 9.20. The van der Waals surface area contributed by atoms with Gasteiger partial charge in [-0.15, -0.1) is 0 Å². The molecule has 0 saturated heterocycles. The maximum atomic E-state index is 5.67. The highest BCUT2D eigenvalue weighted by Crippen LogP contribution is 2.46. The molecular weight excluding hydrogens is 238 g/mol. The normalized spacial score (nSPS) is 23.8. The Kier molecular flexibility index (Phi) is 3.48. The summed E-state index contributed by atoms with van der Waals surface area (Å²) >= 11 is 0. The van der Waals surface area contributed by atoms with Crippen LogP contribution in [0.1, 0.15) is 74.8 Å². The summed E-state index contributed by atoms with van der Waals surface area (Å²) in [7, 11) is 1.80. The number of hydrogen-bond donors (Lipinski definition) is 0. The Labute approximate surface area is 115 Å². The molecule has 1 unspecified atom stereocenters. The van der Waals surface area contributed by atoms with Gasteiger partial charge in [-0.25, -0.2) is 0 Å².